The number of thioether (sulfide) groups is 1. The molecule has 45 heavy (non-hydrogen) atoms. The van der Waals surface area contributed by atoms with Crippen LogP contribution in [0.1, 0.15) is 90.4 Å². The van der Waals surface area contributed by atoms with Crippen molar-refractivity contribution in [2.75, 3.05) is 18.6 Å². The van der Waals surface area contributed by atoms with Crippen LogP contribution in [-0.4, -0.2) is 81.5 Å². The lowest BCUT2D eigenvalue weighted by molar-refractivity contribution is -0.132. The highest BCUT2D eigenvalue weighted by molar-refractivity contribution is 7.98. The van der Waals surface area contributed by atoms with Gasteiger partial charge in [-0.2, -0.15) is 16.9 Å². The van der Waals surface area contributed by atoms with Gasteiger partial charge in [0.05, 0.1) is 17.8 Å². The maximum atomic E-state index is 13.5. The predicted molar refractivity (Wildman–Crippen MR) is 176 cm³/mol. The summed E-state index contributed by atoms with van der Waals surface area (Å²) < 4.78 is 6.91. The molecule has 5 atom stereocenters. The molecule has 0 aromatic carbocycles. The Morgan fingerprint density at radius 1 is 1.09 bits per heavy atom. The number of rotatable bonds is 20. The minimum absolute atomic E-state index is 0.0799. The molecule has 1 aliphatic rings. The number of aliphatic hydroxyl groups is 1. The van der Waals surface area contributed by atoms with E-state index in [2.05, 4.69) is 26.4 Å². The number of alkyl carbamates (subject to hydrolysis) is 1. The zero-order valence-corrected chi connectivity index (χ0v) is 29.0. The van der Waals surface area contributed by atoms with Crippen LogP contribution in [0.5, 0.6) is 0 Å². The molecule has 0 saturated heterocycles. The van der Waals surface area contributed by atoms with Crippen LogP contribution in [0.25, 0.3) is 0 Å². The van der Waals surface area contributed by atoms with Gasteiger partial charge in [-0.05, 0) is 69.4 Å². The molecule has 12 nitrogen and oxygen atoms in total. The number of unbranched alkanes of at least 4 members (excludes halogenated alkanes) is 1. The second-order valence-corrected chi connectivity index (χ2v) is 13.7. The molecule has 256 valence electrons. The van der Waals surface area contributed by atoms with Crippen LogP contribution in [0.3, 0.4) is 0 Å². The van der Waals surface area contributed by atoms with Crippen molar-refractivity contribution >= 4 is 35.6 Å². The van der Waals surface area contributed by atoms with E-state index in [1.807, 2.05) is 46.9 Å². The summed E-state index contributed by atoms with van der Waals surface area (Å²) in [4.78, 5) is 52.0. The van der Waals surface area contributed by atoms with Crippen LogP contribution < -0.4 is 21.3 Å². The number of ether oxygens (including phenoxy) is 1. The summed E-state index contributed by atoms with van der Waals surface area (Å²) in [5, 5.41) is 27.0. The number of nitrogens with one attached hydrogen (secondary N) is 4. The number of nitrogens with zero attached hydrogens (tertiary/aromatic N) is 2. The van der Waals surface area contributed by atoms with Gasteiger partial charge in [-0.25, -0.2) is 9.48 Å². The van der Waals surface area contributed by atoms with Crippen LogP contribution in [0.15, 0.2) is 6.07 Å². The molecule has 0 aliphatic heterocycles. The van der Waals surface area contributed by atoms with Gasteiger partial charge in [0, 0.05) is 18.2 Å². The van der Waals surface area contributed by atoms with Gasteiger partial charge in [0.15, 0.2) is 6.73 Å². The van der Waals surface area contributed by atoms with E-state index in [0.29, 0.717) is 31.1 Å². The van der Waals surface area contributed by atoms with Gasteiger partial charge in [0.1, 0.15) is 12.1 Å². The molecule has 2 rings (SSSR count). The van der Waals surface area contributed by atoms with Crippen molar-refractivity contribution in [1.29, 1.82) is 0 Å². The number of carbonyl (C=O) groups is 4. The van der Waals surface area contributed by atoms with Crippen molar-refractivity contribution in [3.05, 3.63) is 17.5 Å². The lowest BCUT2D eigenvalue weighted by atomic mass is 9.79. The summed E-state index contributed by atoms with van der Waals surface area (Å²) in [5.74, 6) is -0.648. The topological polar surface area (TPSA) is 164 Å². The molecule has 1 heterocycles. The third kappa shape index (κ3) is 13.2. The van der Waals surface area contributed by atoms with Crippen LogP contribution in [0.4, 0.5) is 4.79 Å². The molecule has 0 unspecified atom stereocenters. The highest BCUT2D eigenvalue weighted by atomic mass is 32.2. The first-order valence-electron chi connectivity index (χ1n) is 16.4. The number of hydrogen-bond acceptors (Lipinski definition) is 8. The summed E-state index contributed by atoms with van der Waals surface area (Å²) in [5.41, 5.74) is 1.66. The average Bonchev–Trinajstić information content (AvgIpc) is 3.29. The maximum Gasteiger partial charge on any atom is 0.409 e. The quantitative estimate of drug-likeness (QED) is 0.134. The van der Waals surface area contributed by atoms with Gasteiger partial charge in [0.2, 0.25) is 17.7 Å². The molecule has 0 spiro atoms. The summed E-state index contributed by atoms with van der Waals surface area (Å²) in [7, 11) is 0. The second kappa shape index (κ2) is 19.7. The zero-order chi connectivity index (χ0) is 33.5. The third-order valence-corrected chi connectivity index (χ3v) is 9.01. The molecule has 0 radical (unpaired) electrons. The Labute approximate surface area is 272 Å². The normalized spacial score (nSPS) is 16.6. The van der Waals surface area contributed by atoms with Gasteiger partial charge >= 0.3 is 6.09 Å². The third-order valence-electron chi connectivity index (χ3n) is 8.36. The van der Waals surface area contributed by atoms with Gasteiger partial charge in [-0.3, -0.25) is 14.4 Å². The lowest BCUT2D eigenvalue weighted by Crippen LogP contribution is -2.54. The SMILES string of the molecule is CCCCNC(=O)[C@@H](NC(=O)[C@H](C)C[C@H](O)[C@H](CC1CCC1)NC(=O)[C@H](CCSC)NC(=O)OCn1nc(C)cc1C)C(C)C. The van der Waals surface area contributed by atoms with E-state index in [-0.39, 0.29) is 30.9 Å². The Kier molecular flexibility index (Phi) is 16.8. The van der Waals surface area contributed by atoms with Gasteiger partial charge in [-0.1, -0.05) is 53.4 Å². The van der Waals surface area contributed by atoms with Crippen LogP contribution in [-0.2, 0) is 25.9 Å². The number of hydrogen-bond donors (Lipinski definition) is 5. The fourth-order valence-corrected chi connectivity index (χ4v) is 5.73. The maximum absolute atomic E-state index is 13.5. The van der Waals surface area contributed by atoms with Crippen molar-refractivity contribution < 1.29 is 29.0 Å². The first-order chi connectivity index (χ1) is 21.4. The predicted octanol–water partition coefficient (Wildman–Crippen LogP) is 3.42. The van der Waals surface area contributed by atoms with Crippen molar-refractivity contribution in [3.8, 4) is 0 Å². The molecule has 1 aromatic heterocycles. The number of carbonyl (C=O) groups excluding carboxylic acids is 4. The number of aromatic nitrogens is 2. The van der Waals surface area contributed by atoms with Crippen LogP contribution in [0, 0.1) is 31.6 Å². The van der Waals surface area contributed by atoms with Crippen molar-refractivity contribution in [1.82, 2.24) is 31.0 Å². The summed E-state index contributed by atoms with van der Waals surface area (Å²) >= 11 is 1.55. The largest absolute Gasteiger partial charge is 0.426 e. The van der Waals surface area contributed by atoms with E-state index < -0.39 is 42.1 Å². The minimum atomic E-state index is -0.995. The molecule has 1 aliphatic carbocycles. The van der Waals surface area contributed by atoms with Crippen molar-refractivity contribution in [2.24, 2.45) is 17.8 Å². The highest BCUT2D eigenvalue weighted by Gasteiger charge is 2.33. The summed E-state index contributed by atoms with van der Waals surface area (Å²) in [6.07, 6.45) is 6.22. The minimum Gasteiger partial charge on any atom is -0.426 e. The molecule has 13 heteroatoms. The van der Waals surface area contributed by atoms with E-state index in [9.17, 15) is 24.3 Å². The Hall–Kier alpha value is -2.80. The lowest BCUT2D eigenvalue weighted by Gasteiger charge is -2.34. The van der Waals surface area contributed by atoms with E-state index in [4.69, 9.17) is 4.74 Å². The second-order valence-electron chi connectivity index (χ2n) is 12.7. The van der Waals surface area contributed by atoms with E-state index in [1.165, 1.54) is 0 Å². The fraction of sp³-hybridized carbons (Fsp3) is 0.781. The van der Waals surface area contributed by atoms with Crippen molar-refractivity contribution in [3.63, 3.8) is 0 Å². The fourth-order valence-electron chi connectivity index (χ4n) is 5.26. The van der Waals surface area contributed by atoms with Gasteiger partial charge in [-0.15, -0.1) is 0 Å². The highest BCUT2D eigenvalue weighted by Crippen LogP contribution is 2.32. The number of aryl methyl sites for hydroxylation is 2. The van der Waals surface area contributed by atoms with E-state index in [0.717, 1.165) is 43.5 Å². The Bertz CT molecular complexity index is 1090. The van der Waals surface area contributed by atoms with Crippen molar-refractivity contribution in [2.45, 2.75) is 124 Å². The molecule has 4 amide bonds. The Morgan fingerprint density at radius 3 is 2.36 bits per heavy atom. The molecular formula is C32H56N6O6S. The van der Waals surface area contributed by atoms with Crippen LogP contribution >= 0.6 is 11.8 Å². The van der Waals surface area contributed by atoms with Crippen LogP contribution in [0.2, 0.25) is 0 Å². The average molecular weight is 653 g/mol. The van der Waals surface area contributed by atoms with Gasteiger partial charge in [0.25, 0.3) is 0 Å². The molecule has 1 fully saturated rings. The smallest absolute Gasteiger partial charge is 0.409 e. The standard InChI is InChI=1S/C32H56N6O6S/c1-8-9-14-33-31(42)28(20(2)3)36-29(40)21(4)16-27(39)26(18-24-11-10-12-24)34-30(41)25(13-15-45-7)35-32(43)44-19-38-23(6)17-22(5)37-38/h17,20-21,24-28,39H,8-16,18-19H2,1-7H3,(H,33,42)(H,34,41)(H,35,43)(H,36,40)/t21-,25+,26+,27+,28+/m1/s1. The van der Waals surface area contributed by atoms with Gasteiger partial charge < -0.3 is 31.1 Å². The first-order valence-corrected chi connectivity index (χ1v) is 17.7. The molecular weight excluding hydrogens is 596 g/mol. The van der Waals surface area contributed by atoms with E-state index in [1.54, 1.807) is 23.4 Å². The first kappa shape index (κ1) is 38.4. The Balaban J connectivity index is 2.04. The molecule has 0 bridgehead atoms. The number of amides is 4. The Morgan fingerprint density at radius 2 is 1.80 bits per heavy atom. The molecule has 1 aromatic rings. The van der Waals surface area contributed by atoms with E-state index >= 15 is 0 Å². The number of aliphatic hydroxyl groups excluding tert-OH is 1. The summed E-state index contributed by atoms with van der Waals surface area (Å²) in [6, 6.07) is -0.258. The molecule has 5 N–H and O–H groups in total. The molecule has 1 saturated carbocycles. The summed E-state index contributed by atoms with van der Waals surface area (Å²) in [6.45, 7) is 11.7. The monoisotopic (exact) mass is 652 g/mol. The zero-order valence-electron chi connectivity index (χ0n) is 28.2.